The summed E-state index contributed by atoms with van der Waals surface area (Å²) < 4.78 is 5.75. The lowest BCUT2D eigenvalue weighted by atomic mass is 9.54. The van der Waals surface area contributed by atoms with Crippen LogP contribution in [0.3, 0.4) is 0 Å². The highest BCUT2D eigenvalue weighted by Crippen LogP contribution is 2.56. The molecule has 5 rings (SSSR count). The molecule has 0 aromatic carbocycles. The highest BCUT2D eigenvalue weighted by molar-refractivity contribution is 5.02. The minimum atomic E-state index is 0.276. The van der Waals surface area contributed by atoms with Gasteiger partial charge < -0.3 is 39.0 Å². The fourth-order valence-corrected chi connectivity index (χ4v) is 7.70. The second-order valence-electron chi connectivity index (χ2n) is 25.7. The van der Waals surface area contributed by atoms with Gasteiger partial charge in [-0.3, -0.25) is 4.90 Å². The zero-order chi connectivity index (χ0) is 54.3. The smallest absolute Gasteiger partial charge is 0.0686 e. The largest absolute Gasteiger partial charge is 0.378 e. The quantitative estimate of drug-likeness (QED) is 0.236. The summed E-state index contributed by atoms with van der Waals surface area (Å²) >= 11 is 0. The van der Waals surface area contributed by atoms with Crippen molar-refractivity contribution >= 4 is 0 Å². The molecular weight excluding hydrogens is 825 g/mol. The summed E-state index contributed by atoms with van der Waals surface area (Å²) in [6.45, 7) is 43.0. The maximum Gasteiger partial charge on any atom is 0.0686 e. The van der Waals surface area contributed by atoms with Crippen LogP contribution in [0.2, 0.25) is 0 Å². The molecule has 0 saturated heterocycles. The molecule has 0 heterocycles. The van der Waals surface area contributed by atoms with Crippen molar-refractivity contribution < 1.29 is 4.74 Å². The summed E-state index contributed by atoms with van der Waals surface area (Å²) in [7, 11) is 31.2. The minimum Gasteiger partial charge on any atom is -0.378 e. The lowest BCUT2D eigenvalue weighted by Gasteiger charge is -2.55. The van der Waals surface area contributed by atoms with Crippen LogP contribution in [0.4, 0.5) is 0 Å². The number of hydrogen-bond donors (Lipinski definition) is 0. The molecule has 0 amide bonds. The van der Waals surface area contributed by atoms with Crippen molar-refractivity contribution in [3.63, 3.8) is 0 Å². The molecule has 0 radical (unpaired) electrons. The van der Waals surface area contributed by atoms with Crippen molar-refractivity contribution in [1.29, 1.82) is 0 Å². The molecule has 0 aromatic rings. The van der Waals surface area contributed by atoms with Crippen LogP contribution in [0.5, 0.6) is 0 Å². The first-order chi connectivity index (χ1) is 30.2. The molecule has 67 heavy (non-hydrogen) atoms. The van der Waals surface area contributed by atoms with Crippen LogP contribution in [0.15, 0.2) is 0 Å². The number of ether oxygens (including phenoxy) is 1. The maximum absolute atomic E-state index is 5.75. The second-order valence-corrected chi connectivity index (χ2v) is 25.7. The van der Waals surface area contributed by atoms with Crippen LogP contribution in [0.25, 0.3) is 0 Å². The fourth-order valence-electron chi connectivity index (χ4n) is 7.70. The van der Waals surface area contributed by atoms with Crippen molar-refractivity contribution in [3.8, 4) is 0 Å². The van der Waals surface area contributed by atoms with Crippen molar-refractivity contribution in [2.45, 2.75) is 242 Å². The number of rotatable bonds is 8. The topological polar surface area (TPSA) is 35.2 Å². The third-order valence-electron chi connectivity index (χ3n) is 14.4. The summed E-state index contributed by atoms with van der Waals surface area (Å²) in [5.41, 5.74) is 1.23. The van der Waals surface area contributed by atoms with Crippen LogP contribution in [0.1, 0.15) is 195 Å². The average Bonchev–Trinajstić information content (AvgIpc) is 3.20. The van der Waals surface area contributed by atoms with E-state index in [1.165, 1.54) is 70.6 Å². The van der Waals surface area contributed by atoms with Gasteiger partial charge in [-0.05, 0) is 291 Å². The van der Waals surface area contributed by atoms with Gasteiger partial charge in [0, 0.05) is 47.9 Å². The van der Waals surface area contributed by atoms with Gasteiger partial charge in [0.1, 0.15) is 0 Å². The van der Waals surface area contributed by atoms with Gasteiger partial charge in [-0.15, -0.1) is 0 Å². The Kier molecular flexibility index (Phi) is 44.2. The lowest BCUT2D eigenvalue weighted by Crippen LogP contribution is -2.51. The Balaban J connectivity index is -0.000000220. The predicted octanol–water partition coefficient (Wildman–Crippen LogP) is 12.7. The van der Waals surface area contributed by atoms with Gasteiger partial charge in [0.15, 0.2) is 0 Å². The molecule has 0 aromatic heterocycles. The van der Waals surface area contributed by atoms with Crippen molar-refractivity contribution in [1.82, 2.24) is 39.2 Å². The molecule has 4 bridgehead atoms. The molecular formula is C58H134N8O. The van der Waals surface area contributed by atoms with Crippen LogP contribution >= 0.6 is 0 Å². The highest BCUT2D eigenvalue weighted by Gasteiger charge is 2.51. The molecule has 5 saturated carbocycles. The van der Waals surface area contributed by atoms with Crippen LogP contribution in [0, 0.1) is 17.8 Å². The first-order valence-electron chi connectivity index (χ1n) is 27.2. The van der Waals surface area contributed by atoms with E-state index in [0.717, 1.165) is 43.4 Å². The summed E-state index contributed by atoms with van der Waals surface area (Å²) in [5.74, 6) is 3.07. The molecule has 5 aliphatic carbocycles. The third-order valence-corrected chi connectivity index (χ3v) is 14.4. The van der Waals surface area contributed by atoms with Gasteiger partial charge in [0.05, 0.1) is 5.60 Å². The highest BCUT2D eigenvalue weighted by atomic mass is 16.5. The Morgan fingerprint density at radius 2 is 0.776 bits per heavy atom. The van der Waals surface area contributed by atoms with E-state index in [2.05, 4.69) is 236 Å². The second kappa shape index (κ2) is 39.2. The summed E-state index contributed by atoms with van der Waals surface area (Å²) in [6, 6.07) is 2.92. The van der Waals surface area contributed by atoms with Crippen molar-refractivity contribution in [3.05, 3.63) is 0 Å². The molecule has 0 atom stereocenters. The molecule has 5 fully saturated rings. The average molecular weight is 960 g/mol. The molecule has 412 valence electrons. The standard InChI is InChI=1S/C11H18O.C9H21N.C8H17N.C7H17N.C6H15N.2C5H13N.C4H11N.C3H9N/c1-12-11-5-8-2-9(6-11)4-10(3-8)7-11;1-8(2,3)10(7)9(4,5)6;1-9(2)8-6-4-3-5-7-8;1-6(2)8(5)7(3)4;1-6(2,3)7(4)5;1-5(2)6(3)4;1-4-6(3)5-2;1-4-5(2)3;1-4(2)3/h8-10H,2-7H2,1H3;1-7H3;8H,3-7H2,1-2H3;6-7H,1-5H3;1-5H3;5H,1-4H3;4-5H2,1-3H3;4H2,1-3H3;1-3H3. The zero-order valence-electron chi connectivity index (χ0n) is 52.9. The summed E-state index contributed by atoms with van der Waals surface area (Å²) in [4.78, 5) is 17.8. The van der Waals surface area contributed by atoms with Gasteiger partial charge in [-0.1, -0.05) is 40.0 Å². The van der Waals surface area contributed by atoms with E-state index in [1.54, 1.807) is 0 Å². The van der Waals surface area contributed by atoms with E-state index < -0.39 is 0 Å². The zero-order valence-corrected chi connectivity index (χ0v) is 52.9. The Hall–Kier alpha value is -0.360. The summed E-state index contributed by atoms with van der Waals surface area (Å²) in [6.07, 6.45) is 15.9. The Bertz CT molecular complexity index is 992. The lowest BCUT2D eigenvalue weighted by molar-refractivity contribution is -0.145. The van der Waals surface area contributed by atoms with Gasteiger partial charge in [0.25, 0.3) is 0 Å². The normalized spacial score (nSPS) is 21.2. The van der Waals surface area contributed by atoms with E-state index in [9.17, 15) is 0 Å². The van der Waals surface area contributed by atoms with Crippen LogP contribution in [-0.2, 0) is 4.74 Å². The van der Waals surface area contributed by atoms with Gasteiger partial charge in [0.2, 0.25) is 0 Å². The minimum absolute atomic E-state index is 0.276. The number of hydrogen-bond acceptors (Lipinski definition) is 9. The van der Waals surface area contributed by atoms with Crippen molar-refractivity contribution in [2.75, 3.05) is 125 Å². The Morgan fingerprint density at radius 3 is 0.881 bits per heavy atom. The Labute approximate surface area is 427 Å². The number of methoxy groups -OCH3 is 1. The first-order valence-corrected chi connectivity index (χ1v) is 27.2. The van der Waals surface area contributed by atoms with Gasteiger partial charge >= 0.3 is 0 Å². The molecule has 0 unspecified atom stereocenters. The molecule has 5 aliphatic rings. The van der Waals surface area contributed by atoms with E-state index in [-0.39, 0.29) is 11.1 Å². The van der Waals surface area contributed by atoms with Crippen molar-refractivity contribution in [2.24, 2.45) is 17.8 Å². The van der Waals surface area contributed by atoms with Crippen LogP contribution in [-0.4, -0.2) is 211 Å². The van der Waals surface area contributed by atoms with Gasteiger partial charge in [-0.2, -0.15) is 0 Å². The number of nitrogens with zero attached hydrogens (tertiary/aromatic N) is 8. The van der Waals surface area contributed by atoms with Gasteiger partial charge in [-0.25, -0.2) is 0 Å². The molecule has 0 spiro atoms. The SMILES string of the molecule is CC(C)N(C)C.CC(C)N(C)C(C)C.CCN(C)C.CCN(C)CC.CN(C(C)(C)C)C(C)(C)C.CN(C)C.CN(C)C(C)(C)C.CN(C)C1CCCCC1.COC12CC3CC(CC(C3)C1)C2. The monoisotopic (exact) mass is 959 g/mol. The molecule has 0 N–H and O–H groups in total. The maximum atomic E-state index is 5.75. The molecule has 9 heteroatoms. The fraction of sp³-hybridized carbons (Fsp3) is 1.00. The first kappa shape index (κ1) is 75.6. The van der Waals surface area contributed by atoms with E-state index in [0.29, 0.717) is 29.3 Å². The predicted molar refractivity (Wildman–Crippen MR) is 309 cm³/mol. The summed E-state index contributed by atoms with van der Waals surface area (Å²) in [5, 5.41) is 0. The van der Waals surface area contributed by atoms with E-state index in [1.807, 2.05) is 33.2 Å². The third kappa shape index (κ3) is 44.1. The molecule has 0 aliphatic heterocycles. The Morgan fingerprint density at radius 1 is 0.493 bits per heavy atom. The van der Waals surface area contributed by atoms with Crippen LogP contribution < -0.4 is 0 Å². The molecule has 9 nitrogen and oxygen atoms in total. The van der Waals surface area contributed by atoms with E-state index >= 15 is 0 Å². The van der Waals surface area contributed by atoms with E-state index in [4.69, 9.17) is 4.74 Å².